The number of aliphatic hydroxyl groups is 5. The smallest absolute Gasteiger partial charge is 0.356 e. The maximum atomic E-state index is 13.0. The van der Waals surface area contributed by atoms with Gasteiger partial charge in [-0.05, 0) is 61.1 Å². The quantitative estimate of drug-likeness (QED) is 0.0187. The number of ether oxygens (including phenoxy) is 3. The minimum absolute atomic E-state index is 0. The minimum atomic E-state index is -0.771. The summed E-state index contributed by atoms with van der Waals surface area (Å²) in [5.74, 6) is 7.00. The van der Waals surface area contributed by atoms with Gasteiger partial charge in [-0.1, -0.05) is 133 Å². The lowest BCUT2D eigenvalue weighted by Crippen LogP contribution is -2.57. The summed E-state index contributed by atoms with van der Waals surface area (Å²) in [5, 5.41) is 57.6. The van der Waals surface area contributed by atoms with E-state index < -0.39 is 18.2 Å². The molecule has 744 valence electrons. The van der Waals surface area contributed by atoms with Crippen LogP contribution in [0.4, 0.5) is 17.5 Å². The number of nitrogens with two attached hydrogens (primary N) is 2. The molecule has 0 bridgehead atoms. The number of amides is 5. The van der Waals surface area contributed by atoms with Crippen molar-refractivity contribution in [3.8, 4) is 11.5 Å². The molecule has 45 heteroatoms. The Kier molecular flexibility index (Phi) is 53.0. The molecular weight excluding hydrogens is 1870 g/mol. The molecule has 2 aromatic carbocycles. The molecule has 6 aliphatic rings. The molecule has 0 radical (unpaired) electrons. The highest BCUT2D eigenvalue weighted by molar-refractivity contribution is 7.59. The molecule has 0 aliphatic carbocycles. The number of likely N-dealkylation sites (tertiary alicyclic amines) is 4. The molecule has 0 saturated carbocycles. The van der Waals surface area contributed by atoms with Crippen molar-refractivity contribution in [3.63, 3.8) is 0 Å². The van der Waals surface area contributed by atoms with Gasteiger partial charge in [-0.3, -0.25) is 33.8 Å². The number of nitrogens with zero attached hydrogens (tertiary/aromatic N) is 16. The van der Waals surface area contributed by atoms with Crippen molar-refractivity contribution in [2.24, 2.45) is 11.5 Å². The molecule has 4 saturated heterocycles. The number of benzene rings is 2. The number of β-amino-alcohol motifs (C(OH)–C–C–N with tert-alkyl or cyclic N) is 2. The zero-order valence-corrected chi connectivity index (χ0v) is 84.1. The third kappa shape index (κ3) is 39.1. The number of hydrogen-bond acceptors (Lipinski definition) is 33. The lowest BCUT2D eigenvalue weighted by Gasteiger charge is -2.39. The Labute approximate surface area is 823 Å². The summed E-state index contributed by atoms with van der Waals surface area (Å²) >= 11 is 30.4. The fraction of sp³-hybridized carbons (Fsp3) is 0.551. The van der Waals surface area contributed by atoms with Gasteiger partial charge in [0.2, 0.25) is 23.6 Å². The van der Waals surface area contributed by atoms with Crippen LogP contribution in [0.2, 0.25) is 25.5 Å². The zero-order valence-electron chi connectivity index (χ0n) is 78.3. The van der Waals surface area contributed by atoms with Gasteiger partial charge in [-0.15, -0.1) is 0 Å². The third-order valence-electron chi connectivity index (χ3n) is 20.1. The number of carbonyl (C=O) groups excluding carboxylic acids is 6. The first-order valence-electron chi connectivity index (χ1n) is 42.9. The molecule has 5 amide bonds. The summed E-state index contributed by atoms with van der Waals surface area (Å²) in [4.78, 5) is 122. The molecule has 0 unspecified atom stereocenters. The molecule has 13 N–H and O–H groups in total. The predicted molar refractivity (Wildman–Crippen MR) is 527 cm³/mol. The number of aliphatic hydroxyl groups excluding tert-OH is 5. The summed E-state index contributed by atoms with van der Waals surface area (Å²) in [5.41, 5.74) is 15.7. The fourth-order valence-corrected chi connectivity index (χ4v) is 14.3. The van der Waals surface area contributed by atoms with Crippen LogP contribution >= 0.6 is 85.0 Å². The first kappa shape index (κ1) is 119. The number of anilines is 3. The monoisotopic (exact) mass is 2010 g/mol. The summed E-state index contributed by atoms with van der Waals surface area (Å²) < 4.78 is 26.6. The number of oxazole rings is 2. The van der Waals surface area contributed by atoms with E-state index >= 15 is 0 Å². The van der Waals surface area contributed by atoms with Gasteiger partial charge in [-0.25, -0.2) is 54.6 Å². The van der Waals surface area contributed by atoms with E-state index in [0.717, 1.165) is 80.7 Å². The number of hydrogen-bond donors (Lipinski definition) is 11. The normalized spacial score (nSPS) is 14.7. The van der Waals surface area contributed by atoms with E-state index in [0.29, 0.717) is 156 Å². The van der Waals surface area contributed by atoms with Crippen LogP contribution in [-0.2, 0) is 63.1 Å². The first-order chi connectivity index (χ1) is 62.2. The van der Waals surface area contributed by atoms with Crippen LogP contribution in [0.1, 0.15) is 206 Å². The van der Waals surface area contributed by atoms with Gasteiger partial charge in [0.15, 0.2) is 30.0 Å². The summed E-state index contributed by atoms with van der Waals surface area (Å²) in [6.07, 6.45) is 6.06. The lowest BCUT2D eigenvalue weighted by atomic mass is 9.99. The highest BCUT2D eigenvalue weighted by atomic mass is 35.5. The van der Waals surface area contributed by atoms with Crippen molar-refractivity contribution in [2.75, 3.05) is 129 Å². The van der Waals surface area contributed by atoms with E-state index in [1.165, 1.54) is 26.0 Å². The van der Waals surface area contributed by atoms with Crippen molar-refractivity contribution >= 4 is 138 Å². The average molecular weight is 2010 g/mol. The topological polar surface area (TPSA) is 506 Å². The molecule has 38 nitrogen and oxygen atoms in total. The van der Waals surface area contributed by atoms with Gasteiger partial charge in [0.1, 0.15) is 86.6 Å². The number of carbonyl (C=O) groups is 6. The van der Waals surface area contributed by atoms with Crippen LogP contribution in [0.15, 0.2) is 82.5 Å². The van der Waals surface area contributed by atoms with Gasteiger partial charge in [-0.2, -0.15) is 27.0 Å². The number of halogens is 5. The SMILES string of the molecule is C.CC(=O)N1CC(N)C1.CC(=O)N1CC(Nc2cc(C(=O)NC[C@H](O)CN3CCc4c(ccc(OCc5cnco5)c4Cl)C3)nc(C(C)C)n2)C1.CC(=O)N1CC(Nc2cc(Cl)nc(C(C)C)n2)C1.CC(C)O.CC(C)c1nc(Cl)cc(Cl)n1.CO.CO.COC(=O)c1cc(NC2CN(C(C)=O)C2)nc(C(C)C)n1.NC[C@H](O)CN1CCc2c(ccc(OCc3cnco3)c2Cl)C1.S.S. The minimum Gasteiger partial charge on any atom is -0.484 e. The van der Waals surface area contributed by atoms with E-state index in [1.54, 1.807) is 91.7 Å². The predicted octanol–water partition coefficient (Wildman–Crippen LogP) is 9.67. The molecule has 6 aromatic heterocycles. The largest absolute Gasteiger partial charge is 0.484 e. The second-order valence-corrected chi connectivity index (χ2v) is 34.7. The number of nitrogens with one attached hydrogen (secondary N) is 4. The Morgan fingerprint density at radius 1 is 0.493 bits per heavy atom. The Hall–Kier alpha value is -9.21. The Morgan fingerprint density at radius 3 is 1.16 bits per heavy atom. The van der Waals surface area contributed by atoms with Gasteiger partial charge in [0.25, 0.3) is 5.91 Å². The number of esters is 1. The molecule has 0 spiro atoms. The number of rotatable bonds is 25. The Balaban J connectivity index is 0.000000433. The van der Waals surface area contributed by atoms with Gasteiger partial charge < -0.3 is 101 Å². The van der Waals surface area contributed by atoms with Crippen LogP contribution in [0.5, 0.6) is 11.5 Å². The van der Waals surface area contributed by atoms with Crippen LogP contribution in [-0.4, -0.2) is 296 Å². The van der Waals surface area contributed by atoms with Gasteiger partial charge in [0, 0.05) is 207 Å². The number of fused-ring (bicyclic) bond motifs is 2. The van der Waals surface area contributed by atoms with E-state index in [4.69, 9.17) is 108 Å². The van der Waals surface area contributed by atoms with Crippen molar-refractivity contribution in [1.82, 2.24) is 84.6 Å². The number of methoxy groups -OCH3 is 1. The van der Waals surface area contributed by atoms with E-state index in [-0.39, 0.29) is 149 Å². The molecule has 14 rings (SSSR count). The maximum absolute atomic E-state index is 13.0. The second kappa shape index (κ2) is 59.7. The lowest BCUT2D eigenvalue weighted by molar-refractivity contribution is -0.133. The Bertz CT molecular complexity index is 4900. The van der Waals surface area contributed by atoms with Crippen molar-refractivity contribution in [3.05, 3.63) is 168 Å². The van der Waals surface area contributed by atoms with Crippen molar-refractivity contribution in [1.29, 1.82) is 0 Å². The summed E-state index contributed by atoms with van der Waals surface area (Å²) in [7, 11) is 3.32. The van der Waals surface area contributed by atoms with E-state index in [1.807, 2.05) is 79.7 Å². The summed E-state index contributed by atoms with van der Waals surface area (Å²) in [6.45, 7) is 35.8. The van der Waals surface area contributed by atoms with Crippen LogP contribution in [0, 0.1) is 0 Å². The second-order valence-electron chi connectivity index (χ2n) is 32.8. The van der Waals surface area contributed by atoms with Crippen LogP contribution < -0.4 is 42.2 Å². The van der Waals surface area contributed by atoms with Crippen molar-refractivity contribution < 1.29 is 77.3 Å². The van der Waals surface area contributed by atoms with Crippen LogP contribution in [0.25, 0.3) is 0 Å². The average Bonchev–Trinajstić information content (AvgIpc) is 0.966. The number of aromatic nitrogens is 10. The standard InChI is InChI=1S/C29H36ClN7O5.C16H20ClN3O3.C14H20N4O3.C12H17ClN4O.C7H8Cl2N2.C5H10N2O.C3H8O.2CH4O.CH4.2H2S/c1-17(2)28-34-24(8-26(35-28)33-20-12-37(13-20)18(3)38)29(40)32-9-21(39)14-36-7-6-23-19(11-36)4-5-25(27(23)30)41-15-22-10-31-16-42-22;17-16-14-3-4-20(8-12(21)5-18)7-11(14)1-2-15(16)22-9-13-6-19-10-23-13;1-8(2)13-16-11(14(20)21-4)5-12(17-13)15-10-6-18(7-10)9(3)19;1-7(2)12-15-10(13)4-11(16-12)14-9-5-17(6-9)8(3)18;1-4(2)7-10-5(8)3-6(9)11-7;1-4(8)7-2-5(6)3-7;1-3(2)4;2*1-2;;;/h4-5,8,10,16-17,20-21,39H,6-7,9,11-15H2,1-3H3,(H,32,40)(H,33,34,35);1-2,6,10,12,21H,3-5,7-9,18H2;5,8,10H,6-7H2,1-4H3,(H,15,16,17);4,7,9H,5-6H2,1-3H3,(H,14,15,16);3-4H,1-2H3;5H,2-3,6H2,1H3;3-4H,1-2H3;2*2H,1H3;1H4;2*1H2/t21-;12-;;;;;;;;;;/m00........../s1. The highest BCUT2D eigenvalue weighted by Crippen LogP contribution is 2.37. The van der Waals surface area contributed by atoms with E-state index in [9.17, 15) is 39.0 Å². The summed E-state index contributed by atoms with van der Waals surface area (Å²) in [6, 6.07) is 14.9. The van der Waals surface area contributed by atoms with Gasteiger partial charge >= 0.3 is 5.97 Å². The molecule has 8 aromatic rings. The fourth-order valence-electron chi connectivity index (χ4n) is 13.0. The molecule has 4 fully saturated rings. The molecule has 6 aliphatic heterocycles. The van der Waals surface area contributed by atoms with Gasteiger partial charge in [0.05, 0.1) is 59.9 Å². The molecule has 12 heterocycles. The van der Waals surface area contributed by atoms with Crippen molar-refractivity contribution in [2.45, 2.75) is 210 Å². The van der Waals surface area contributed by atoms with E-state index in [2.05, 4.69) is 80.9 Å². The third-order valence-corrected chi connectivity index (χ3v) is 21.5. The zero-order chi connectivity index (χ0) is 97.0. The maximum Gasteiger partial charge on any atom is 0.356 e. The molecule has 134 heavy (non-hydrogen) atoms. The first-order valence-corrected chi connectivity index (χ1v) is 44.8. The molecular formula is C89H135Cl5N22O16S2. The Morgan fingerprint density at radius 2 is 0.828 bits per heavy atom. The highest BCUT2D eigenvalue weighted by Gasteiger charge is 2.34. The van der Waals surface area contributed by atoms with Crippen LogP contribution in [0.3, 0.4) is 0 Å². The molecule has 2 atom stereocenters.